The molecular formula is C13H20N2OS. The first-order chi connectivity index (χ1) is 8.38. The van der Waals surface area contributed by atoms with Gasteiger partial charge in [0.15, 0.2) is 0 Å². The molecular weight excluding hydrogens is 232 g/mol. The molecule has 1 unspecified atom stereocenters. The van der Waals surface area contributed by atoms with Gasteiger partial charge in [0.2, 0.25) is 0 Å². The number of aromatic nitrogens is 1. The average Bonchev–Trinajstić information content (AvgIpc) is 2.88. The van der Waals surface area contributed by atoms with Crippen LogP contribution in [0.25, 0.3) is 0 Å². The molecule has 0 amide bonds. The van der Waals surface area contributed by atoms with Gasteiger partial charge in [-0.2, -0.15) is 0 Å². The molecule has 1 fully saturated rings. The number of nitrogens with one attached hydrogen (secondary N) is 1. The number of hydrogen-bond acceptors (Lipinski definition) is 4. The van der Waals surface area contributed by atoms with E-state index in [1.807, 2.05) is 6.20 Å². The standard InChI is InChI=1S/C13H20N2OS/c1-2-14-8-11-5-6-13(15-9-11)17-10-12-4-3-7-16-12/h5-6,9,12,14H,2-4,7-8,10H2,1H3. The molecule has 0 bridgehead atoms. The molecule has 0 radical (unpaired) electrons. The van der Waals surface area contributed by atoms with Crippen molar-refractivity contribution in [3.8, 4) is 0 Å². The SMILES string of the molecule is CCNCc1ccc(SCC2CCCO2)nc1. The zero-order valence-electron chi connectivity index (χ0n) is 10.3. The van der Waals surface area contributed by atoms with E-state index in [1.165, 1.54) is 18.4 Å². The van der Waals surface area contributed by atoms with E-state index < -0.39 is 0 Å². The Hall–Kier alpha value is -0.580. The van der Waals surface area contributed by atoms with Crippen LogP contribution in [0.3, 0.4) is 0 Å². The summed E-state index contributed by atoms with van der Waals surface area (Å²) in [6.45, 7) is 4.94. The van der Waals surface area contributed by atoms with Gasteiger partial charge < -0.3 is 10.1 Å². The van der Waals surface area contributed by atoms with Gasteiger partial charge in [-0.1, -0.05) is 13.0 Å². The molecule has 1 aliphatic rings. The Kier molecular flexibility index (Phi) is 5.29. The van der Waals surface area contributed by atoms with Crippen LogP contribution in [-0.2, 0) is 11.3 Å². The predicted octanol–water partition coefficient (Wildman–Crippen LogP) is 2.46. The molecule has 94 valence electrons. The minimum atomic E-state index is 0.434. The molecule has 1 aromatic heterocycles. The smallest absolute Gasteiger partial charge is 0.0960 e. The Balaban J connectivity index is 1.76. The topological polar surface area (TPSA) is 34.1 Å². The van der Waals surface area contributed by atoms with Crippen LogP contribution in [0.4, 0.5) is 0 Å². The zero-order chi connectivity index (χ0) is 11.9. The Morgan fingerprint density at radius 3 is 3.12 bits per heavy atom. The first-order valence-corrected chi connectivity index (χ1v) is 7.27. The molecule has 4 heteroatoms. The van der Waals surface area contributed by atoms with E-state index in [9.17, 15) is 0 Å². The minimum Gasteiger partial charge on any atom is -0.377 e. The van der Waals surface area contributed by atoms with Crippen LogP contribution in [-0.4, -0.2) is 30.0 Å². The molecule has 2 rings (SSSR count). The Labute approximate surface area is 107 Å². The number of thioether (sulfide) groups is 1. The molecule has 1 aliphatic heterocycles. The maximum atomic E-state index is 5.59. The van der Waals surface area contributed by atoms with E-state index in [4.69, 9.17) is 4.74 Å². The average molecular weight is 252 g/mol. The molecule has 3 nitrogen and oxygen atoms in total. The summed E-state index contributed by atoms with van der Waals surface area (Å²) in [5.74, 6) is 1.03. The maximum Gasteiger partial charge on any atom is 0.0960 e. The summed E-state index contributed by atoms with van der Waals surface area (Å²) in [5.41, 5.74) is 1.24. The largest absolute Gasteiger partial charge is 0.377 e. The summed E-state index contributed by atoms with van der Waals surface area (Å²) < 4.78 is 5.59. The maximum absolute atomic E-state index is 5.59. The molecule has 0 saturated carbocycles. The van der Waals surface area contributed by atoms with Crippen molar-refractivity contribution in [2.24, 2.45) is 0 Å². The first-order valence-electron chi connectivity index (χ1n) is 6.28. The fourth-order valence-electron chi connectivity index (χ4n) is 1.82. The fraction of sp³-hybridized carbons (Fsp3) is 0.615. The highest BCUT2D eigenvalue weighted by atomic mass is 32.2. The number of hydrogen-bond donors (Lipinski definition) is 1. The monoisotopic (exact) mass is 252 g/mol. The van der Waals surface area contributed by atoms with Gasteiger partial charge in [0.05, 0.1) is 11.1 Å². The summed E-state index contributed by atoms with van der Waals surface area (Å²) in [6.07, 6.45) is 4.80. The van der Waals surface area contributed by atoms with Gasteiger partial charge >= 0.3 is 0 Å². The fourth-order valence-corrected chi connectivity index (χ4v) is 2.74. The van der Waals surface area contributed by atoms with Crippen molar-refractivity contribution >= 4 is 11.8 Å². The molecule has 1 atom stereocenters. The van der Waals surface area contributed by atoms with Crippen LogP contribution in [0, 0.1) is 0 Å². The summed E-state index contributed by atoms with van der Waals surface area (Å²) in [5, 5.41) is 4.39. The van der Waals surface area contributed by atoms with Crippen LogP contribution in [0.5, 0.6) is 0 Å². The van der Waals surface area contributed by atoms with Gasteiger partial charge in [0.1, 0.15) is 0 Å². The minimum absolute atomic E-state index is 0.434. The molecule has 1 saturated heterocycles. The van der Waals surface area contributed by atoms with Crippen molar-refractivity contribution in [3.63, 3.8) is 0 Å². The van der Waals surface area contributed by atoms with E-state index in [1.54, 1.807) is 11.8 Å². The van der Waals surface area contributed by atoms with Crippen LogP contribution >= 0.6 is 11.8 Å². The lowest BCUT2D eigenvalue weighted by molar-refractivity contribution is 0.129. The van der Waals surface area contributed by atoms with E-state index >= 15 is 0 Å². The van der Waals surface area contributed by atoms with E-state index in [0.29, 0.717) is 6.10 Å². The van der Waals surface area contributed by atoms with Gasteiger partial charge in [0.25, 0.3) is 0 Å². The second-order valence-corrected chi connectivity index (χ2v) is 5.27. The molecule has 0 aromatic carbocycles. The summed E-state index contributed by atoms with van der Waals surface area (Å²) in [7, 11) is 0. The number of pyridine rings is 1. The van der Waals surface area contributed by atoms with Gasteiger partial charge in [-0.25, -0.2) is 4.98 Å². The van der Waals surface area contributed by atoms with E-state index in [0.717, 1.165) is 30.5 Å². The number of rotatable bonds is 6. The number of ether oxygens (including phenoxy) is 1. The third-order valence-corrected chi connectivity index (χ3v) is 3.89. The first kappa shape index (κ1) is 12.9. The zero-order valence-corrected chi connectivity index (χ0v) is 11.1. The molecule has 1 N–H and O–H groups in total. The van der Waals surface area contributed by atoms with Crippen LogP contribution < -0.4 is 5.32 Å². The van der Waals surface area contributed by atoms with Crippen molar-refractivity contribution < 1.29 is 4.74 Å². The van der Waals surface area contributed by atoms with Gasteiger partial charge in [-0.05, 0) is 31.0 Å². The van der Waals surface area contributed by atoms with Crippen molar-refractivity contribution in [2.45, 2.75) is 37.4 Å². The second kappa shape index (κ2) is 6.99. The number of nitrogens with zero attached hydrogens (tertiary/aromatic N) is 1. The highest BCUT2D eigenvalue weighted by Gasteiger charge is 2.15. The Morgan fingerprint density at radius 1 is 1.53 bits per heavy atom. The third kappa shape index (κ3) is 4.30. The molecule has 17 heavy (non-hydrogen) atoms. The predicted molar refractivity (Wildman–Crippen MR) is 71.3 cm³/mol. The summed E-state index contributed by atoms with van der Waals surface area (Å²) in [6, 6.07) is 4.25. The summed E-state index contributed by atoms with van der Waals surface area (Å²) >= 11 is 1.79. The van der Waals surface area contributed by atoms with Gasteiger partial charge in [-0.15, -0.1) is 11.8 Å². The molecule has 0 spiro atoms. The molecule has 0 aliphatic carbocycles. The molecule has 1 aromatic rings. The van der Waals surface area contributed by atoms with Crippen molar-refractivity contribution in [1.29, 1.82) is 0 Å². The quantitative estimate of drug-likeness (QED) is 0.789. The van der Waals surface area contributed by atoms with E-state index in [2.05, 4.69) is 29.4 Å². The van der Waals surface area contributed by atoms with Gasteiger partial charge in [0, 0.05) is 25.1 Å². The van der Waals surface area contributed by atoms with Crippen LogP contribution in [0.1, 0.15) is 25.3 Å². The van der Waals surface area contributed by atoms with Crippen molar-refractivity contribution in [2.75, 3.05) is 18.9 Å². The normalized spacial score (nSPS) is 19.7. The lowest BCUT2D eigenvalue weighted by Crippen LogP contribution is -2.11. The lowest BCUT2D eigenvalue weighted by Gasteiger charge is -2.08. The second-order valence-electron chi connectivity index (χ2n) is 4.23. The Bertz CT molecular complexity index is 323. The van der Waals surface area contributed by atoms with Crippen molar-refractivity contribution in [1.82, 2.24) is 10.3 Å². The highest BCUT2D eigenvalue weighted by Crippen LogP contribution is 2.22. The molecule has 2 heterocycles. The van der Waals surface area contributed by atoms with Gasteiger partial charge in [-0.3, -0.25) is 0 Å². The van der Waals surface area contributed by atoms with E-state index in [-0.39, 0.29) is 0 Å². The van der Waals surface area contributed by atoms with Crippen molar-refractivity contribution in [3.05, 3.63) is 23.9 Å². The Morgan fingerprint density at radius 2 is 2.47 bits per heavy atom. The van der Waals surface area contributed by atoms with Crippen LogP contribution in [0.2, 0.25) is 0 Å². The third-order valence-electron chi connectivity index (χ3n) is 2.82. The summed E-state index contributed by atoms with van der Waals surface area (Å²) in [4.78, 5) is 4.46. The lowest BCUT2D eigenvalue weighted by atomic mass is 10.3. The highest BCUT2D eigenvalue weighted by molar-refractivity contribution is 7.99. The van der Waals surface area contributed by atoms with Crippen LogP contribution in [0.15, 0.2) is 23.4 Å².